The molecule has 1 N–H and O–H groups in total. The predicted octanol–water partition coefficient (Wildman–Crippen LogP) is 4.19. The second kappa shape index (κ2) is 5.82. The van der Waals surface area contributed by atoms with Gasteiger partial charge in [-0.15, -0.1) is 0 Å². The lowest BCUT2D eigenvalue weighted by Crippen LogP contribution is -2.11. The molecule has 0 fully saturated rings. The summed E-state index contributed by atoms with van der Waals surface area (Å²) < 4.78 is 40.4. The number of hydrogen-bond donors (Lipinski definition) is 1. The van der Waals surface area contributed by atoms with Gasteiger partial charge < -0.3 is 5.32 Å². The van der Waals surface area contributed by atoms with E-state index >= 15 is 0 Å². The molecule has 1 atom stereocenters. The van der Waals surface area contributed by atoms with E-state index in [0.717, 1.165) is 0 Å². The molecule has 1 unspecified atom stereocenters. The van der Waals surface area contributed by atoms with E-state index in [9.17, 15) is 23.3 Å². The van der Waals surface area contributed by atoms with Gasteiger partial charge in [0, 0.05) is 11.6 Å². The third-order valence-corrected chi connectivity index (χ3v) is 2.96. The molecule has 4 nitrogen and oxygen atoms in total. The third kappa shape index (κ3) is 3.13. The van der Waals surface area contributed by atoms with Crippen LogP contribution in [-0.2, 0) is 0 Å². The van der Waals surface area contributed by atoms with Gasteiger partial charge in [-0.2, -0.15) is 0 Å². The van der Waals surface area contributed by atoms with Gasteiger partial charge >= 0.3 is 0 Å². The minimum atomic E-state index is -1.11. The molecule has 0 amide bonds. The Morgan fingerprint density at radius 3 is 2.43 bits per heavy atom. The lowest BCUT2D eigenvalue weighted by Gasteiger charge is -2.16. The van der Waals surface area contributed by atoms with Crippen LogP contribution in [0.1, 0.15) is 18.5 Å². The summed E-state index contributed by atoms with van der Waals surface area (Å²) in [5, 5.41) is 13.4. The summed E-state index contributed by atoms with van der Waals surface area (Å²) >= 11 is 0. The van der Waals surface area contributed by atoms with Crippen LogP contribution < -0.4 is 5.32 Å². The van der Waals surface area contributed by atoms with Gasteiger partial charge in [0.1, 0.15) is 17.3 Å². The molecule has 110 valence electrons. The number of nitrogens with zero attached hydrogens (tertiary/aromatic N) is 1. The number of nitro benzene ring substituents is 1. The molecule has 0 heterocycles. The van der Waals surface area contributed by atoms with Crippen molar-refractivity contribution >= 4 is 11.4 Å². The first kappa shape index (κ1) is 14.8. The van der Waals surface area contributed by atoms with Crippen molar-refractivity contribution in [2.75, 3.05) is 5.32 Å². The fourth-order valence-electron chi connectivity index (χ4n) is 1.97. The average Bonchev–Trinajstić information content (AvgIpc) is 2.41. The molecule has 7 heteroatoms. The number of hydrogen-bond acceptors (Lipinski definition) is 3. The van der Waals surface area contributed by atoms with Crippen molar-refractivity contribution < 1.29 is 18.1 Å². The number of halogens is 3. The quantitative estimate of drug-likeness (QED) is 0.680. The van der Waals surface area contributed by atoms with Crippen LogP contribution in [0.25, 0.3) is 0 Å². The van der Waals surface area contributed by atoms with Crippen LogP contribution >= 0.6 is 0 Å². The Morgan fingerprint density at radius 1 is 1.14 bits per heavy atom. The third-order valence-electron chi connectivity index (χ3n) is 2.96. The van der Waals surface area contributed by atoms with E-state index < -0.39 is 39.8 Å². The summed E-state index contributed by atoms with van der Waals surface area (Å²) in [6.07, 6.45) is 0. The van der Waals surface area contributed by atoms with Crippen molar-refractivity contribution in [2.45, 2.75) is 13.0 Å². The van der Waals surface area contributed by atoms with Gasteiger partial charge in [0.15, 0.2) is 5.82 Å². The maximum Gasteiger partial charge on any atom is 0.298 e. The van der Waals surface area contributed by atoms with Crippen molar-refractivity contribution in [1.29, 1.82) is 0 Å². The number of rotatable bonds is 4. The van der Waals surface area contributed by atoms with E-state index in [2.05, 4.69) is 5.32 Å². The Kier molecular flexibility index (Phi) is 4.11. The standard InChI is InChI=1S/C14H11F3N2O2/c1-8(10-4-2-3-5-11(10)16)18-14-12(17)6-9(15)7-13(14)19(20)21/h2-8,18H,1H3. The van der Waals surface area contributed by atoms with E-state index in [0.29, 0.717) is 12.1 Å². The maximum atomic E-state index is 13.7. The molecule has 0 saturated carbocycles. The first-order valence-electron chi connectivity index (χ1n) is 6.04. The van der Waals surface area contributed by atoms with E-state index in [1.165, 1.54) is 25.1 Å². The molecule has 21 heavy (non-hydrogen) atoms. The molecule has 0 bridgehead atoms. The van der Waals surface area contributed by atoms with Crippen LogP contribution in [0.2, 0.25) is 0 Å². The molecule has 2 aromatic rings. The minimum absolute atomic E-state index is 0.218. The SMILES string of the molecule is CC(Nc1c(F)cc(F)cc1[N+](=O)[O-])c1ccccc1F. The van der Waals surface area contributed by atoms with Gasteiger partial charge in [-0.3, -0.25) is 10.1 Å². The fourth-order valence-corrected chi connectivity index (χ4v) is 1.97. The average molecular weight is 296 g/mol. The maximum absolute atomic E-state index is 13.7. The van der Waals surface area contributed by atoms with Crippen LogP contribution in [0.15, 0.2) is 36.4 Å². The van der Waals surface area contributed by atoms with Gasteiger partial charge in [-0.05, 0) is 13.0 Å². The van der Waals surface area contributed by atoms with Gasteiger partial charge in [-0.25, -0.2) is 13.2 Å². The molecular formula is C14H11F3N2O2. The van der Waals surface area contributed by atoms with Crippen molar-refractivity contribution in [3.63, 3.8) is 0 Å². The zero-order chi connectivity index (χ0) is 15.6. The molecule has 0 aliphatic rings. The van der Waals surface area contributed by atoms with Crippen LogP contribution in [0.3, 0.4) is 0 Å². The van der Waals surface area contributed by atoms with E-state index in [-0.39, 0.29) is 5.56 Å². The Labute approximate surface area is 118 Å². The first-order valence-corrected chi connectivity index (χ1v) is 6.04. The second-order valence-corrected chi connectivity index (χ2v) is 4.43. The summed E-state index contributed by atoms with van der Waals surface area (Å²) in [4.78, 5) is 9.97. The number of anilines is 1. The highest BCUT2D eigenvalue weighted by Crippen LogP contribution is 2.32. The highest BCUT2D eigenvalue weighted by atomic mass is 19.1. The smallest absolute Gasteiger partial charge is 0.298 e. The van der Waals surface area contributed by atoms with Gasteiger partial charge in [0.25, 0.3) is 5.69 Å². The summed E-state index contributed by atoms with van der Waals surface area (Å²) in [6, 6.07) is 6.19. The lowest BCUT2D eigenvalue weighted by atomic mass is 10.1. The van der Waals surface area contributed by atoms with Crippen LogP contribution in [0, 0.1) is 27.6 Å². The molecule has 0 radical (unpaired) electrons. The fraction of sp³-hybridized carbons (Fsp3) is 0.143. The number of benzene rings is 2. The number of nitrogens with one attached hydrogen (secondary N) is 1. The van der Waals surface area contributed by atoms with Crippen molar-refractivity contribution in [3.05, 3.63) is 69.5 Å². The summed E-state index contributed by atoms with van der Waals surface area (Å²) in [7, 11) is 0. The van der Waals surface area contributed by atoms with Crippen LogP contribution in [0.4, 0.5) is 24.5 Å². The summed E-state index contributed by atoms with van der Waals surface area (Å²) in [5.74, 6) is -2.68. The van der Waals surface area contributed by atoms with E-state index in [1.807, 2.05) is 0 Å². The highest BCUT2D eigenvalue weighted by molar-refractivity contribution is 5.63. The molecule has 0 aliphatic heterocycles. The highest BCUT2D eigenvalue weighted by Gasteiger charge is 2.23. The van der Waals surface area contributed by atoms with Crippen LogP contribution in [0.5, 0.6) is 0 Å². The Morgan fingerprint density at radius 2 is 1.81 bits per heavy atom. The zero-order valence-corrected chi connectivity index (χ0v) is 10.9. The Hall–Kier alpha value is -2.57. The van der Waals surface area contributed by atoms with Crippen molar-refractivity contribution in [1.82, 2.24) is 0 Å². The molecule has 2 rings (SSSR count). The van der Waals surface area contributed by atoms with E-state index in [1.54, 1.807) is 6.07 Å². The van der Waals surface area contributed by atoms with Gasteiger partial charge in [0.2, 0.25) is 0 Å². The first-order chi connectivity index (χ1) is 9.90. The largest absolute Gasteiger partial charge is 0.370 e. The molecule has 0 saturated heterocycles. The van der Waals surface area contributed by atoms with Crippen molar-refractivity contribution in [2.24, 2.45) is 0 Å². The van der Waals surface area contributed by atoms with Gasteiger partial charge in [0.05, 0.1) is 17.0 Å². The van der Waals surface area contributed by atoms with E-state index in [4.69, 9.17) is 0 Å². The second-order valence-electron chi connectivity index (χ2n) is 4.43. The predicted molar refractivity (Wildman–Crippen MR) is 71.5 cm³/mol. The summed E-state index contributed by atoms with van der Waals surface area (Å²) in [6.45, 7) is 1.52. The zero-order valence-electron chi connectivity index (χ0n) is 10.9. The molecule has 0 aliphatic carbocycles. The Bertz CT molecular complexity index is 692. The molecule has 0 spiro atoms. The molecule has 0 aromatic heterocycles. The normalized spacial score (nSPS) is 12.0. The molecular weight excluding hydrogens is 285 g/mol. The Balaban J connectivity index is 2.40. The van der Waals surface area contributed by atoms with Gasteiger partial charge in [-0.1, -0.05) is 18.2 Å². The summed E-state index contributed by atoms with van der Waals surface area (Å²) in [5.41, 5.74) is -0.997. The van der Waals surface area contributed by atoms with Crippen LogP contribution in [-0.4, -0.2) is 4.92 Å². The monoisotopic (exact) mass is 296 g/mol. The lowest BCUT2D eigenvalue weighted by molar-refractivity contribution is -0.384. The number of nitro groups is 1. The minimum Gasteiger partial charge on any atom is -0.370 e. The molecule has 2 aromatic carbocycles. The topological polar surface area (TPSA) is 55.2 Å². The van der Waals surface area contributed by atoms with Crippen molar-refractivity contribution in [3.8, 4) is 0 Å².